The monoisotopic (exact) mass is 215 g/mol. The summed E-state index contributed by atoms with van der Waals surface area (Å²) in [5, 5.41) is 0. The molecule has 0 saturated heterocycles. The van der Waals surface area contributed by atoms with Crippen molar-refractivity contribution in [2.24, 2.45) is 0 Å². The highest BCUT2D eigenvalue weighted by molar-refractivity contribution is 6.78. The second kappa shape index (κ2) is 6.62. The fourth-order valence-corrected chi connectivity index (χ4v) is 7.75. The van der Waals surface area contributed by atoms with Crippen molar-refractivity contribution in [2.75, 3.05) is 14.1 Å². The fourth-order valence-electron chi connectivity index (χ4n) is 2.58. The largest absolute Gasteiger partial charge is 0.329 e. The molecule has 1 nitrogen and oxygen atoms in total. The molecule has 0 fully saturated rings. The van der Waals surface area contributed by atoms with E-state index >= 15 is 0 Å². The van der Waals surface area contributed by atoms with Crippen LogP contribution in [0.25, 0.3) is 0 Å². The topological polar surface area (TPSA) is 3.24 Å². The molecule has 0 rings (SSSR count). The molecule has 0 bridgehead atoms. The Bertz CT molecular complexity index is 135. The molecule has 0 aromatic heterocycles. The Morgan fingerprint density at radius 2 is 1.57 bits per heavy atom. The van der Waals surface area contributed by atoms with Gasteiger partial charge in [0.25, 0.3) is 0 Å². The van der Waals surface area contributed by atoms with Crippen LogP contribution >= 0.6 is 0 Å². The zero-order valence-electron chi connectivity index (χ0n) is 11.1. The van der Waals surface area contributed by atoms with E-state index in [0.717, 1.165) is 5.54 Å². The van der Waals surface area contributed by atoms with Gasteiger partial charge in [-0.25, -0.2) is 0 Å². The Balaban J connectivity index is 4.56. The third-order valence-electron chi connectivity index (χ3n) is 3.61. The molecule has 14 heavy (non-hydrogen) atoms. The molecule has 2 heteroatoms. The van der Waals surface area contributed by atoms with Gasteiger partial charge in [0, 0.05) is 0 Å². The van der Waals surface area contributed by atoms with Gasteiger partial charge in [-0.2, -0.15) is 0 Å². The van der Waals surface area contributed by atoms with Crippen LogP contribution in [0.15, 0.2) is 0 Å². The van der Waals surface area contributed by atoms with Gasteiger partial charge >= 0.3 is 0 Å². The lowest BCUT2D eigenvalue weighted by Gasteiger charge is -2.41. The molecule has 0 aromatic carbocycles. The highest BCUT2D eigenvalue weighted by atomic mass is 28.3. The van der Waals surface area contributed by atoms with Crippen molar-refractivity contribution in [3.05, 3.63) is 0 Å². The van der Waals surface area contributed by atoms with Crippen LogP contribution in [0.4, 0.5) is 0 Å². The summed E-state index contributed by atoms with van der Waals surface area (Å²) in [6, 6.07) is 2.96. The molecule has 0 aliphatic heterocycles. The number of rotatable bonds is 7. The summed E-state index contributed by atoms with van der Waals surface area (Å²) in [5.74, 6) is 0. The van der Waals surface area contributed by atoms with Crippen LogP contribution in [0.3, 0.4) is 0 Å². The summed E-state index contributed by atoms with van der Waals surface area (Å²) < 4.78 is 2.59. The van der Waals surface area contributed by atoms with Crippen LogP contribution in [-0.4, -0.2) is 26.9 Å². The van der Waals surface area contributed by atoms with Gasteiger partial charge in [0.05, 0.1) is 0 Å². The molecule has 0 aromatic rings. The molecule has 0 radical (unpaired) electrons. The van der Waals surface area contributed by atoms with E-state index in [-0.39, 0.29) is 0 Å². The van der Waals surface area contributed by atoms with Crippen LogP contribution in [0.1, 0.15) is 47.0 Å². The van der Waals surface area contributed by atoms with Crippen molar-refractivity contribution in [2.45, 2.75) is 64.6 Å². The van der Waals surface area contributed by atoms with Crippen molar-refractivity contribution in [1.29, 1.82) is 0 Å². The maximum absolute atomic E-state index is 2.59. The summed E-state index contributed by atoms with van der Waals surface area (Å²) in [7, 11) is 3.47. The summed E-state index contributed by atoms with van der Waals surface area (Å²) >= 11 is 0. The van der Waals surface area contributed by atoms with Gasteiger partial charge in [-0.15, -0.1) is 0 Å². The molecule has 0 N–H and O–H groups in total. The quantitative estimate of drug-likeness (QED) is 0.578. The van der Waals surface area contributed by atoms with Crippen molar-refractivity contribution in [3.8, 4) is 0 Å². The molecule has 0 aliphatic carbocycles. The lowest BCUT2D eigenvalue weighted by atomic mass is 10.4. The van der Waals surface area contributed by atoms with Crippen molar-refractivity contribution >= 4 is 8.24 Å². The second-order valence-corrected chi connectivity index (χ2v) is 10.3. The van der Waals surface area contributed by atoms with E-state index in [9.17, 15) is 0 Å². The number of hydrogen-bond acceptors (Lipinski definition) is 1. The van der Waals surface area contributed by atoms with Crippen LogP contribution in [-0.2, 0) is 0 Å². The summed E-state index contributed by atoms with van der Waals surface area (Å²) in [4.78, 5) is 0. The third kappa shape index (κ3) is 3.39. The smallest absolute Gasteiger partial charge is 0.130 e. The normalized spacial score (nSPS) is 16.3. The zero-order valence-corrected chi connectivity index (χ0v) is 12.1. The first kappa shape index (κ1) is 14.2. The van der Waals surface area contributed by atoms with Gasteiger partial charge in [-0.05, 0) is 31.7 Å². The maximum Gasteiger partial charge on any atom is 0.130 e. The number of hydrogen-bond donors (Lipinski definition) is 0. The Morgan fingerprint density at radius 1 is 1.00 bits per heavy atom. The molecule has 0 aliphatic rings. The highest BCUT2D eigenvalue weighted by Gasteiger charge is 2.37. The van der Waals surface area contributed by atoms with Gasteiger partial charge in [0.2, 0.25) is 0 Å². The minimum Gasteiger partial charge on any atom is -0.329 e. The molecule has 1 unspecified atom stereocenters. The first-order valence-electron chi connectivity index (χ1n) is 6.18. The van der Waals surface area contributed by atoms with E-state index in [1.54, 1.807) is 0 Å². The van der Waals surface area contributed by atoms with E-state index < -0.39 is 8.24 Å². The van der Waals surface area contributed by atoms with Crippen LogP contribution in [0, 0.1) is 0 Å². The Morgan fingerprint density at radius 3 is 1.86 bits per heavy atom. The standard InChI is InChI=1S/C12H29NSi/c1-7-9-11-14(10-8-2,12(3)4)13(5)6/h12H,7-11H2,1-6H3. The van der Waals surface area contributed by atoms with E-state index in [1.807, 2.05) is 0 Å². The molecular formula is C12H29NSi. The molecule has 86 valence electrons. The predicted molar refractivity (Wildman–Crippen MR) is 69.4 cm³/mol. The third-order valence-corrected chi connectivity index (χ3v) is 10.1. The molecule has 0 spiro atoms. The van der Waals surface area contributed by atoms with Crippen molar-refractivity contribution in [3.63, 3.8) is 0 Å². The Kier molecular flexibility index (Phi) is 6.71. The Labute approximate surface area is 92.0 Å². The Hall–Kier alpha value is 0.177. The molecule has 1 atom stereocenters. The van der Waals surface area contributed by atoms with Gasteiger partial charge in [0.1, 0.15) is 8.24 Å². The maximum atomic E-state index is 2.59. The lowest BCUT2D eigenvalue weighted by Crippen LogP contribution is -2.51. The molecule has 0 saturated carbocycles. The summed E-state index contributed by atoms with van der Waals surface area (Å²) in [6.45, 7) is 9.50. The lowest BCUT2D eigenvalue weighted by molar-refractivity contribution is 0.568. The average Bonchev–Trinajstić information content (AvgIpc) is 2.11. The van der Waals surface area contributed by atoms with Gasteiger partial charge in [0.15, 0.2) is 0 Å². The van der Waals surface area contributed by atoms with Gasteiger partial charge < -0.3 is 4.57 Å². The second-order valence-electron chi connectivity index (χ2n) is 5.01. The SMILES string of the molecule is CCCC[Si](CCC)(C(C)C)N(C)C. The number of unbranched alkanes of at least 4 members (excludes halogenated alkanes) is 1. The summed E-state index contributed by atoms with van der Waals surface area (Å²) in [6.07, 6.45) is 4.12. The minimum atomic E-state index is -1.14. The highest BCUT2D eigenvalue weighted by Crippen LogP contribution is 2.33. The van der Waals surface area contributed by atoms with Crippen LogP contribution in [0.5, 0.6) is 0 Å². The first-order chi connectivity index (χ1) is 6.51. The van der Waals surface area contributed by atoms with Gasteiger partial charge in [-0.3, -0.25) is 0 Å². The van der Waals surface area contributed by atoms with Gasteiger partial charge in [-0.1, -0.05) is 47.0 Å². The van der Waals surface area contributed by atoms with E-state index in [4.69, 9.17) is 0 Å². The first-order valence-corrected chi connectivity index (χ1v) is 8.62. The summed E-state index contributed by atoms with van der Waals surface area (Å²) in [5.41, 5.74) is 0.893. The van der Waals surface area contributed by atoms with Crippen molar-refractivity contribution in [1.82, 2.24) is 4.57 Å². The minimum absolute atomic E-state index is 0.893. The number of nitrogens with zero attached hydrogens (tertiary/aromatic N) is 1. The zero-order chi connectivity index (χ0) is 11.2. The molecule has 0 amide bonds. The van der Waals surface area contributed by atoms with E-state index in [2.05, 4.69) is 46.4 Å². The predicted octanol–water partition coefficient (Wildman–Crippen LogP) is 4.11. The fraction of sp³-hybridized carbons (Fsp3) is 1.00. The average molecular weight is 215 g/mol. The molecular weight excluding hydrogens is 186 g/mol. The van der Waals surface area contributed by atoms with Crippen LogP contribution in [0.2, 0.25) is 17.6 Å². The van der Waals surface area contributed by atoms with Crippen molar-refractivity contribution < 1.29 is 0 Å². The van der Waals surface area contributed by atoms with Crippen LogP contribution < -0.4 is 0 Å². The van der Waals surface area contributed by atoms with E-state index in [1.165, 1.54) is 31.4 Å². The molecule has 0 heterocycles. The van der Waals surface area contributed by atoms with E-state index in [0.29, 0.717) is 0 Å².